The third kappa shape index (κ3) is 5.55. The summed E-state index contributed by atoms with van der Waals surface area (Å²) < 4.78 is 2.29. The van der Waals surface area contributed by atoms with Crippen LogP contribution in [0.4, 0.5) is 11.4 Å². The zero-order valence-corrected chi connectivity index (χ0v) is 25.9. The molecular formula is C43H37N2+. The van der Waals surface area contributed by atoms with Crippen LogP contribution in [-0.2, 0) is 0 Å². The highest BCUT2D eigenvalue weighted by Gasteiger charge is 2.33. The maximum Gasteiger partial charge on any atom is 0.227 e. The number of aryl methyl sites for hydroxylation is 1. The molecule has 5 aromatic carbocycles. The van der Waals surface area contributed by atoms with Crippen molar-refractivity contribution in [3.05, 3.63) is 181 Å². The van der Waals surface area contributed by atoms with Crippen LogP contribution in [-0.4, -0.2) is 6.21 Å². The van der Waals surface area contributed by atoms with Crippen LogP contribution in [0.2, 0.25) is 0 Å². The van der Waals surface area contributed by atoms with Gasteiger partial charge in [0, 0.05) is 18.3 Å². The summed E-state index contributed by atoms with van der Waals surface area (Å²) in [6, 6.07) is 35.1. The monoisotopic (exact) mass is 581 g/mol. The molecule has 1 aliphatic rings. The quantitative estimate of drug-likeness (QED) is 0.141. The first kappa shape index (κ1) is 29.3. The van der Waals surface area contributed by atoms with E-state index in [2.05, 4.69) is 146 Å². The lowest BCUT2D eigenvalue weighted by molar-refractivity contribution is 1.15. The molecule has 0 spiro atoms. The van der Waals surface area contributed by atoms with Crippen molar-refractivity contribution in [3.63, 3.8) is 0 Å². The normalized spacial score (nSPS) is 14.0. The molecule has 1 heterocycles. The van der Waals surface area contributed by atoms with E-state index in [1.807, 2.05) is 25.2 Å². The first-order valence-corrected chi connectivity index (χ1v) is 15.3. The van der Waals surface area contributed by atoms with Crippen LogP contribution >= 0.6 is 0 Å². The number of benzene rings is 5. The van der Waals surface area contributed by atoms with Crippen molar-refractivity contribution in [1.29, 1.82) is 0 Å². The zero-order chi connectivity index (χ0) is 31.3. The lowest BCUT2D eigenvalue weighted by Crippen LogP contribution is -2.02. The molecule has 0 bridgehead atoms. The number of nitrogens with two attached hydrogens (primary N) is 1. The van der Waals surface area contributed by atoms with Crippen LogP contribution in [0, 0.1) is 6.92 Å². The summed E-state index contributed by atoms with van der Waals surface area (Å²) in [5, 5.41) is 2.40. The van der Waals surface area contributed by atoms with Gasteiger partial charge in [-0.1, -0.05) is 116 Å². The van der Waals surface area contributed by atoms with Gasteiger partial charge in [0.2, 0.25) is 11.4 Å². The molecule has 1 aliphatic heterocycles. The summed E-state index contributed by atoms with van der Waals surface area (Å²) in [6.07, 6.45) is 17.7. The molecule has 0 atom stereocenters. The minimum absolute atomic E-state index is 0.907. The summed E-state index contributed by atoms with van der Waals surface area (Å²) in [5.41, 5.74) is 19.8. The van der Waals surface area contributed by atoms with E-state index >= 15 is 0 Å². The Hall–Kier alpha value is -5.73. The van der Waals surface area contributed by atoms with E-state index in [9.17, 15) is 0 Å². The fraction of sp³-hybridized carbons (Fsp3) is 0.0465. The molecule has 2 nitrogen and oxygen atoms in total. The molecule has 2 N–H and O–H groups in total. The van der Waals surface area contributed by atoms with Crippen LogP contribution in [0.1, 0.15) is 29.2 Å². The average molecular weight is 582 g/mol. The second-order valence-electron chi connectivity index (χ2n) is 11.1. The van der Waals surface area contributed by atoms with E-state index in [0.29, 0.717) is 0 Å². The topological polar surface area (TPSA) is 29.0 Å². The Labute approximate surface area is 266 Å². The number of hydrogen-bond donors (Lipinski definition) is 1. The molecule has 0 aromatic heterocycles. The average Bonchev–Trinajstić information content (AvgIpc) is 3.39. The van der Waals surface area contributed by atoms with E-state index in [-0.39, 0.29) is 0 Å². The fourth-order valence-corrected chi connectivity index (χ4v) is 6.15. The molecule has 6 rings (SSSR count). The third-order valence-electron chi connectivity index (χ3n) is 8.41. The van der Waals surface area contributed by atoms with Gasteiger partial charge < -0.3 is 5.73 Å². The highest BCUT2D eigenvalue weighted by Crippen LogP contribution is 2.49. The molecule has 218 valence electrons. The molecule has 5 aromatic rings. The molecular weight excluding hydrogens is 544 g/mol. The van der Waals surface area contributed by atoms with Crippen molar-refractivity contribution in [2.45, 2.75) is 13.8 Å². The molecule has 0 saturated carbocycles. The molecule has 0 fully saturated rings. The van der Waals surface area contributed by atoms with Crippen LogP contribution in [0.5, 0.6) is 0 Å². The Morgan fingerprint density at radius 2 is 1.51 bits per heavy atom. The van der Waals surface area contributed by atoms with Gasteiger partial charge in [-0.15, -0.1) is 0 Å². The highest BCUT2D eigenvalue weighted by molar-refractivity contribution is 6.10. The van der Waals surface area contributed by atoms with Crippen LogP contribution in [0.25, 0.3) is 44.2 Å². The van der Waals surface area contributed by atoms with Gasteiger partial charge in [-0.25, -0.2) is 0 Å². The van der Waals surface area contributed by atoms with E-state index in [1.165, 1.54) is 61.0 Å². The fourth-order valence-electron chi connectivity index (χ4n) is 6.15. The summed E-state index contributed by atoms with van der Waals surface area (Å²) in [4.78, 5) is 0. The second kappa shape index (κ2) is 12.9. The van der Waals surface area contributed by atoms with Gasteiger partial charge in [-0.05, 0) is 88.0 Å². The first-order chi connectivity index (χ1) is 22.1. The molecule has 0 aliphatic carbocycles. The van der Waals surface area contributed by atoms with Crippen LogP contribution in [0.15, 0.2) is 159 Å². The largest absolute Gasteiger partial charge is 0.404 e. The Morgan fingerprint density at radius 1 is 0.756 bits per heavy atom. The summed E-state index contributed by atoms with van der Waals surface area (Å²) in [6.45, 7) is 12.1. The molecule has 2 heteroatoms. The number of fused-ring (bicyclic) bond motifs is 5. The lowest BCUT2D eigenvalue weighted by Gasteiger charge is -2.12. The zero-order valence-electron chi connectivity index (χ0n) is 25.9. The van der Waals surface area contributed by atoms with Crippen molar-refractivity contribution < 1.29 is 0 Å². The number of rotatable bonds is 8. The minimum atomic E-state index is 0.907. The second-order valence-corrected chi connectivity index (χ2v) is 11.1. The number of hydrogen-bond acceptors (Lipinski definition) is 1. The van der Waals surface area contributed by atoms with Crippen molar-refractivity contribution >= 4 is 39.5 Å². The van der Waals surface area contributed by atoms with E-state index < -0.39 is 0 Å². The predicted octanol–water partition coefficient (Wildman–Crippen LogP) is 10.9. The van der Waals surface area contributed by atoms with E-state index in [1.54, 1.807) is 12.3 Å². The molecule has 0 radical (unpaired) electrons. The Kier molecular flexibility index (Phi) is 8.39. The summed E-state index contributed by atoms with van der Waals surface area (Å²) in [7, 11) is 0. The lowest BCUT2D eigenvalue weighted by atomic mass is 9.92. The van der Waals surface area contributed by atoms with Crippen LogP contribution in [0.3, 0.4) is 0 Å². The van der Waals surface area contributed by atoms with Gasteiger partial charge >= 0.3 is 0 Å². The summed E-state index contributed by atoms with van der Waals surface area (Å²) in [5.74, 6) is 0. The number of allylic oxidation sites excluding steroid dienone is 8. The Balaban J connectivity index is 1.42. The molecule has 45 heavy (non-hydrogen) atoms. The van der Waals surface area contributed by atoms with Crippen LogP contribution < -0.4 is 10.3 Å². The van der Waals surface area contributed by atoms with Gasteiger partial charge in [-0.3, -0.25) is 0 Å². The summed E-state index contributed by atoms with van der Waals surface area (Å²) >= 11 is 0. The standard InChI is InChI=1S/C43H37N2/c1-5-8-9-12-26-45-42-28-35(31(7-3)29-44)21-24-40(42)41-25-22-36-27-34(20-23-39(36)43(41)45)32-16-18-33(19-17-32)38(13-6-2)37-15-11-10-14-30(37)4/h5-29H,2-3,44H2,1,4H3/q+1/b8-5-,12-9-,31-29+,38-13-,45-26?. The predicted molar refractivity (Wildman–Crippen MR) is 197 cm³/mol. The van der Waals surface area contributed by atoms with E-state index in [0.717, 1.165) is 16.8 Å². The van der Waals surface area contributed by atoms with Crippen molar-refractivity contribution in [2.24, 2.45) is 5.73 Å². The van der Waals surface area contributed by atoms with Crippen molar-refractivity contribution in [3.8, 4) is 22.3 Å². The molecule has 0 saturated heterocycles. The third-order valence-corrected chi connectivity index (χ3v) is 8.41. The van der Waals surface area contributed by atoms with Gasteiger partial charge in [0.15, 0.2) is 6.21 Å². The minimum Gasteiger partial charge on any atom is -0.404 e. The SMILES string of the molecule is C=C/C=C(/c1ccc(-c2ccc3c4c(ccc3c2)-c2ccc(/C(C=C)=C/N)cc2[N+]4=C/C=C\C=C/C)cc1)c1ccccc1C. The maximum absolute atomic E-state index is 5.92. The van der Waals surface area contributed by atoms with Gasteiger partial charge in [-0.2, -0.15) is 4.58 Å². The molecule has 0 unspecified atom stereocenters. The first-order valence-electron chi connectivity index (χ1n) is 15.3. The van der Waals surface area contributed by atoms with Gasteiger partial charge in [0.05, 0.1) is 16.5 Å². The van der Waals surface area contributed by atoms with E-state index in [4.69, 9.17) is 5.73 Å². The van der Waals surface area contributed by atoms with Gasteiger partial charge in [0.1, 0.15) is 0 Å². The Bertz CT molecular complexity index is 2100. The smallest absolute Gasteiger partial charge is 0.227 e. The van der Waals surface area contributed by atoms with Crippen molar-refractivity contribution in [2.75, 3.05) is 0 Å². The Morgan fingerprint density at radius 3 is 2.24 bits per heavy atom. The highest BCUT2D eigenvalue weighted by atomic mass is 15.0. The maximum atomic E-state index is 5.92. The van der Waals surface area contributed by atoms with Gasteiger partial charge in [0.25, 0.3) is 0 Å². The molecule has 0 amide bonds. The number of nitrogens with zero attached hydrogens (tertiary/aromatic N) is 1. The van der Waals surface area contributed by atoms with Crippen molar-refractivity contribution in [1.82, 2.24) is 4.58 Å².